The number of esters is 1. The fourth-order valence-electron chi connectivity index (χ4n) is 4.76. The average molecular weight is 402 g/mol. The van der Waals surface area contributed by atoms with E-state index in [0.29, 0.717) is 19.3 Å². The molecular formula is C15H18F4O6S. The molecule has 2 unspecified atom stereocenters. The summed E-state index contributed by atoms with van der Waals surface area (Å²) in [5.74, 6) is -6.11. The standard InChI is InChI=1S/C15H18F4O6S/c16-14(17,15(18,19)26(22,23)24)1-2-25-12(21)13-5-8-3-9(6-13)11(20)10(4-8)7-13/h8-10H,1-7H2,(H,22,23,24). The first kappa shape index (κ1) is 19.5. The topological polar surface area (TPSA) is 97.7 Å². The van der Waals surface area contributed by atoms with Crippen LogP contribution < -0.4 is 0 Å². The van der Waals surface area contributed by atoms with E-state index in [0.717, 1.165) is 0 Å². The van der Waals surface area contributed by atoms with Crippen LogP contribution in [0.4, 0.5) is 17.6 Å². The molecule has 4 aliphatic carbocycles. The molecule has 0 aromatic heterocycles. The first-order valence-electron chi connectivity index (χ1n) is 8.23. The van der Waals surface area contributed by atoms with E-state index < -0.39 is 45.7 Å². The minimum atomic E-state index is -6.32. The Labute approximate surface area is 147 Å². The maximum atomic E-state index is 13.4. The smallest absolute Gasteiger partial charge is 0.431 e. The maximum absolute atomic E-state index is 13.4. The van der Waals surface area contributed by atoms with Gasteiger partial charge in [0.2, 0.25) is 0 Å². The lowest BCUT2D eigenvalue weighted by molar-refractivity contribution is -0.185. The van der Waals surface area contributed by atoms with Crippen LogP contribution in [0.3, 0.4) is 0 Å². The summed E-state index contributed by atoms with van der Waals surface area (Å²) < 4.78 is 87.0. The van der Waals surface area contributed by atoms with Crippen molar-refractivity contribution in [3.63, 3.8) is 0 Å². The number of ketones is 1. The van der Waals surface area contributed by atoms with Crippen LogP contribution in [0, 0.1) is 23.2 Å². The van der Waals surface area contributed by atoms with Gasteiger partial charge in [0.05, 0.1) is 18.4 Å². The summed E-state index contributed by atoms with van der Waals surface area (Å²) in [5.41, 5.74) is -0.953. The molecule has 4 aliphatic rings. The van der Waals surface area contributed by atoms with Crippen LogP contribution >= 0.6 is 0 Å². The largest absolute Gasteiger partial charge is 0.465 e. The molecule has 6 nitrogen and oxygen atoms in total. The number of rotatable bonds is 6. The molecular weight excluding hydrogens is 384 g/mol. The van der Waals surface area contributed by atoms with E-state index in [2.05, 4.69) is 0 Å². The van der Waals surface area contributed by atoms with Gasteiger partial charge < -0.3 is 4.74 Å². The average Bonchev–Trinajstić information content (AvgIpc) is 2.50. The van der Waals surface area contributed by atoms with Gasteiger partial charge in [-0.3, -0.25) is 14.1 Å². The number of alkyl halides is 4. The molecule has 148 valence electrons. The van der Waals surface area contributed by atoms with Gasteiger partial charge in [0, 0.05) is 11.8 Å². The predicted octanol–water partition coefficient (Wildman–Crippen LogP) is 2.43. The van der Waals surface area contributed by atoms with Crippen LogP contribution in [-0.4, -0.2) is 42.5 Å². The molecule has 4 bridgehead atoms. The first-order valence-corrected chi connectivity index (χ1v) is 9.67. The third-order valence-electron chi connectivity index (χ3n) is 5.83. The van der Waals surface area contributed by atoms with Crippen molar-refractivity contribution < 1.29 is 44.9 Å². The van der Waals surface area contributed by atoms with Crippen LogP contribution in [0.1, 0.15) is 38.5 Å². The van der Waals surface area contributed by atoms with E-state index >= 15 is 0 Å². The van der Waals surface area contributed by atoms with Gasteiger partial charge in [0.25, 0.3) is 0 Å². The number of ether oxygens (including phenoxy) is 1. The molecule has 0 saturated heterocycles. The Morgan fingerprint density at radius 1 is 1.15 bits per heavy atom. The Bertz CT molecular complexity index is 716. The monoisotopic (exact) mass is 402 g/mol. The summed E-state index contributed by atoms with van der Waals surface area (Å²) >= 11 is 0. The van der Waals surface area contributed by atoms with Crippen molar-refractivity contribution >= 4 is 21.9 Å². The Kier molecular flexibility index (Phi) is 4.42. The highest BCUT2D eigenvalue weighted by Crippen LogP contribution is 2.59. The second kappa shape index (κ2) is 5.88. The van der Waals surface area contributed by atoms with Gasteiger partial charge in [-0.2, -0.15) is 26.0 Å². The number of hydrogen-bond acceptors (Lipinski definition) is 5. The lowest BCUT2D eigenvalue weighted by Crippen LogP contribution is -2.55. The lowest BCUT2D eigenvalue weighted by Gasteiger charge is -2.53. The molecule has 0 aliphatic heterocycles. The lowest BCUT2D eigenvalue weighted by atomic mass is 9.49. The summed E-state index contributed by atoms with van der Waals surface area (Å²) in [6.45, 7) is -1.12. The summed E-state index contributed by atoms with van der Waals surface area (Å²) in [5, 5.41) is -5.68. The molecule has 2 atom stereocenters. The van der Waals surface area contributed by atoms with Gasteiger partial charge in [-0.15, -0.1) is 0 Å². The maximum Gasteiger partial charge on any atom is 0.431 e. The third-order valence-corrected chi connectivity index (χ3v) is 6.77. The Morgan fingerprint density at radius 3 is 2.19 bits per heavy atom. The third kappa shape index (κ3) is 2.92. The Hall–Kier alpha value is -1.23. The van der Waals surface area contributed by atoms with Crippen LogP contribution in [0.2, 0.25) is 0 Å². The van der Waals surface area contributed by atoms with Crippen LogP contribution in [0.5, 0.6) is 0 Å². The zero-order valence-corrected chi connectivity index (χ0v) is 14.4. The van der Waals surface area contributed by atoms with Gasteiger partial charge in [-0.1, -0.05) is 0 Å². The van der Waals surface area contributed by atoms with E-state index in [9.17, 15) is 35.6 Å². The van der Waals surface area contributed by atoms with Crippen LogP contribution in [0.25, 0.3) is 0 Å². The van der Waals surface area contributed by atoms with Crippen molar-refractivity contribution in [3.05, 3.63) is 0 Å². The molecule has 0 aromatic rings. The van der Waals surface area contributed by atoms with Gasteiger partial charge >= 0.3 is 27.3 Å². The highest BCUT2D eigenvalue weighted by molar-refractivity contribution is 7.87. The fourth-order valence-corrected chi connectivity index (χ4v) is 5.24. The molecule has 4 saturated carbocycles. The number of carbonyl (C=O) groups is 2. The molecule has 4 fully saturated rings. The predicted molar refractivity (Wildman–Crippen MR) is 78.0 cm³/mol. The van der Waals surface area contributed by atoms with Crippen molar-refractivity contribution in [2.45, 2.75) is 49.7 Å². The zero-order chi connectivity index (χ0) is 19.5. The first-order chi connectivity index (χ1) is 11.8. The van der Waals surface area contributed by atoms with Gasteiger partial charge in [-0.25, -0.2) is 0 Å². The highest BCUT2D eigenvalue weighted by atomic mass is 32.2. The molecule has 0 aromatic carbocycles. The van der Waals surface area contributed by atoms with Crippen molar-refractivity contribution in [3.8, 4) is 0 Å². The van der Waals surface area contributed by atoms with Crippen molar-refractivity contribution in [2.75, 3.05) is 6.61 Å². The van der Waals surface area contributed by atoms with Crippen molar-refractivity contribution in [1.82, 2.24) is 0 Å². The molecule has 0 radical (unpaired) electrons. The van der Waals surface area contributed by atoms with Gasteiger partial charge in [-0.05, 0) is 38.0 Å². The number of hydrogen-bond donors (Lipinski definition) is 1. The number of carbonyl (C=O) groups excluding carboxylic acids is 2. The summed E-state index contributed by atoms with van der Waals surface area (Å²) in [4.78, 5) is 24.5. The quantitative estimate of drug-likeness (QED) is 0.416. The number of Topliss-reactive ketones (excluding diaryl/α,β-unsaturated/α-hetero) is 1. The van der Waals surface area contributed by atoms with Crippen LogP contribution in [0.15, 0.2) is 0 Å². The van der Waals surface area contributed by atoms with E-state index in [1.807, 2.05) is 0 Å². The normalized spacial score (nSPS) is 34.2. The second-order valence-corrected chi connectivity index (χ2v) is 9.07. The number of halogens is 4. The van der Waals surface area contributed by atoms with Crippen LogP contribution in [-0.2, 0) is 24.4 Å². The highest BCUT2D eigenvalue weighted by Gasteiger charge is 2.65. The summed E-state index contributed by atoms with van der Waals surface area (Å²) in [6, 6.07) is 0. The molecule has 26 heavy (non-hydrogen) atoms. The summed E-state index contributed by atoms with van der Waals surface area (Å²) in [6.07, 6.45) is 0.664. The minimum absolute atomic E-state index is 0.115. The van der Waals surface area contributed by atoms with E-state index in [1.54, 1.807) is 0 Å². The molecule has 11 heteroatoms. The van der Waals surface area contributed by atoms with E-state index in [-0.39, 0.29) is 36.4 Å². The molecule has 0 spiro atoms. The Morgan fingerprint density at radius 2 is 1.69 bits per heavy atom. The van der Waals surface area contributed by atoms with Gasteiger partial charge in [0.15, 0.2) is 0 Å². The van der Waals surface area contributed by atoms with Gasteiger partial charge in [0.1, 0.15) is 5.78 Å². The SMILES string of the molecule is O=C1C2CC3CC1CC(C(=O)OCCC(F)(F)C(F)(F)S(=O)(=O)O)(C3)C2. The zero-order valence-electron chi connectivity index (χ0n) is 13.6. The fraction of sp³-hybridized carbons (Fsp3) is 0.867. The van der Waals surface area contributed by atoms with Crippen molar-refractivity contribution in [1.29, 1.82) is 0 Å². The minimum Gasteiger partial charge on any atom is -0.465 e. The Balaban J connectivity index is 1.63. The second-order valence-electron chi connectivity index (χ2n) is 7.61. The molecule has 0 amide bonds. The van der Waals surface area contributed by atoms with Crippen molar-refractivity contribution in [2.24, 2.45) is 23.2 Å². The summed E-state index contributed by atoms with van der Waals surface area (Å²) in [7, 11) is -6.32. The molecule has 1 N–H and O–H groups in total. The molecule has 0 heterocycles. The molecule has 4 rings (SSSR count). The van der Waals surface area contributed by atoms with E-state index in [4.69, 9.17) is 9.29 Å². The van der Waals surface area contributed by atoms with E-state index in [1.165, 1.54) is 0 Å².